The summed E-state index contributed by atoms with van der Waals surface area (Å²) in [6.07, 6.45) is 0.654. The average Bonchev–Trinajstić information content (AvgIpc) is 2.96. The lowest BCUT2D eigenvalue weighted by atomic mass is 9.85. The summed E-state index contributed by atoms with van der Waals surface area (Å²) in [5, 5.41) is 13.4. The zero-order chi connectivity index (χ0) is 15.8. The van der Waals surface area contributed by atoms with E-state index in [2.05, 4.69) is 35.6 Å². The van der Waals surface area contributed by atoms with E-state index < -0.39 is 6.10 Å². The van der Waals surface area contributed by atoms with Crippen molar-refractivity contribution in [1.82, 2.24) is 5.32 Å². The zero-order valence-electron chi connectivity index (χ0n) is 13.5. The van der Waals surface area contributed by atoms with Crippen LogP contribution in [0.15, 0.2) is 42.5 Å². The van der Waals surface area contributed by atoms with Crippen LogP contribution in [0.4, 0.5) is 0 Å². The molecule has 3 unspecified atom stereocenters. The van der Waals surface area contributed by atoms with Crippen LogP contribution < -0.4 is 10.1 Å². The third-order valence-corrected chi connectivity index (χ3v) is 5.20. The van der Waals surface area contributed by atoms with E-state index in [1.54, 1.807) is 6.92 Å². The maximum Gasteiger partial charge on any atom is 0.130 e. The van der Waals surface area contributed by atoms with Crippen LogP contribution in [0.5, 0.6) is 5.75 Å². The van der Waals surface area contributed by atoms with Gasteiger partial charge in [-0.25, -0.2) is 0 Å². The van der Waals surface area contributed by atoms with Crippen LogP contribution in [0.1, 0.15) is 36.5 Å². The van der Waals surface area contributed by atoms with E-state index in [4.69, 9.17) is 4.74 Å². The molecule has 4 rings (SSSR count). The van der Waals surface area contributed by atoms with Crippen LogP contribution >= 0.6 is 0 Å². The summed E-state index contributed by atoms with van der Waals surface area (Å²) in [4.78, 5) is 0. The van der Waals surface area contributed by atoms with E-state index in [0.29, 0.717) is 11.8 Å². The standard InChI is InChI=1S/C20H23NO2/c1-13(22)14-4-2-5-15(10-14)17-6-3-7-18-19-12-21-11-16(19)8-9-23-20(17)18/h2-7,10,13,16,19,21-22H,8-9,11-12H2,1H3. The molecule has 2 aliphatic heterocycles. The monoisotopic (exact) mass is 309 g/mol. The van der Waals surface area contributed by atoms with E-state index in [-0.39, 0.29) is 0 Å². The fourth-order valence-corrected chi connectivity index (χ4v) is 3.91. The van der Waals surface area contributed by atoms with Crippen molar-refractivity contribution in [2.75, 3.05) is 19.7 Å². The van der Waals surface area contributed by atoms with E-state index in [9.17, 15) is 5.11 Å². The molecule has 3 nitrogen and oxygen atoms in total. The molecule has 3 heteroatoms. The predicted octanol–water partition coefficient (Wildman–Crippen LogP) is 3.49. The molecule has 2 heterocycles. The summed E-state index contributed by atoms with van der Waals surface area (Å²) in [5.74, 6) is 2.26. The Hall–Kier alpha value is -1.84. The minimum Gasteiger partial charge on any atom is -0.493 e. The van der Waals surface area contributed by atoms with Gasteiger partial charge in [0, 0.05) is 18.0 Å². The molecule has 3 atom stereocenters. The Labute approximate surface area is 137 Å². The molecule has 2 aromatic rings. The summed E-state index contributed by atoms with van der Waals surface area (Å²) in [6.45, 7) is 4.71. The maximum absolute atomic E-state index is 9.86. The predicted molar refractivity (Wildman–Crippen MR) is 91.7 cm³/mol. The van der Waals surface area contributed by atoms with Crippen molar-refractivity contribution in [1.29, 1.82) is 0 Å². The minimum absolute atomic E-state index is 0.457. The topological polar surface area (TPSA) is 41.5 Å². The minimum atomic E-state index is -0.457. The zero-order valence-corrected chi connectivity index (χ0v) is 13.5. The van der Waals surface area contributed by atoms with Crippen molar-refractivity contribution >= 4 is 0 Å². The Morgan fingerprint density at radius 1 is 1.17 bits per heavy atom. The summed E-state index contributed by atoms with van der Waals surface area (Å²) in [6, 6.07) is 14.6. The quantitative estimate of drug-likeness (QED) is 0.892. The Balaban J connectivity index is 1.82. The van der Waals surface area contributed by atoms with Gasteiger partial charge in [-0.05, 0) is 48.6 Å². The Morgan fingerprint density at radius 3 is 2.91 bits per heavy atom. The third kappa shape index (κ3) is 2.64. The molecule has 0 bridgehead atoms. The van der Waals surface area contributed by atoms with Crippen molar-refractivity contribution in [2.45, 2.75) is 25.4 Å². The van der Waals surface area contributed by atoms with Crippen LogP contribution in [-0.2, 0) is 0 Å². The second-order valence-corrected chi connectivity index (χ2v) is 6.69. The molecule has 0 spiro atoms. The molecule has 0 radical (unpaired) electrons. The van der Waals surface area contributed by atoms with Gasteiger partial charge in [-0.15, -0.1) is 0 Å². The third-order valence-electron chi connectivity index (χ3n) is 5.20. The summed E-state index contributed by atoms with van der Waals surface area (Å²) < 4.78 is 6.18. The number of aliphatic hydroxyl groups is 1. The average molecular weight is 309 g/mol. The first-order chi connectivity index (χ1) is 11.2. The van der Waals surface area contributed by atoms with Gasteiger partial charge in [0.15, 0.2) is 0 Å². The molecular formula is C20H23NO2. The molecule has 2 N–H and O–H groups in total. The normalized spacial score (nSPS) is 24.3. The van der Waals surface area contributed by atoms with E-state index in [1.165, 1.54) is 5.56 Å². The highest BCUT2D eigenvalue weighted by molar-refractivity contribution is 5.73. The summed E-state index contributed by atoms with van der Waals surface area (Å²) >= 11 is 0. The van der Waals surface area contributed by atoms with Gasteiger partial charge in [-0.3, -0.25) is 0 Å². The summed E-state index contributed by atoms with van der Waals surface area (Å²) in [5.41, 5.74) is 4.52. The summed E-state index contributed by atoms with van der Waals surface area (Å²) in [7, 11) is 0. The van der Waals surface area contributed by atoms with E-state index in [1.807, 2.05) is 12.1 Å². The van der Waals surface area contributed by atoms with Crippen molar-refractivity contribution in [3.63, 3.8) is 0 Å². The first kappa shape index (κ1) is 14.7. The van der Waals surface area contributed by atoms with Gasteiger partial charge in [-0.1, -0.05) is 36.4 Å². The molecule has 2 aromatic carbocycles. The van der Waals surface area contributed by atoms with Crippen LogP contribution in [0.2, 0.25) is 0 Å². The fourth-order valence-electron chi connectivity index (χ4n) is 3.91. The second kappa shape index (κ2) is 5.99. The molecule has 120 valence electrons. The van der Waals surface area contributed by atoms with Crippen LogP contribution in [0.3, 0.4) is 0 Å². The molecular weight excluding hydrogens is 286 g/mol. The highest BCUT2D eigenvalue weighted by Crippen LogP contribution is 2.43. The molecule has 1 fully saturated rings. The molecule has 0 amide bonds. The SMILES string of the molecule is CC(O)c1cccc(-c2cccc3c2OCCC2CNCC32)c1. The number of fused-ring (bicyclic) bond motifs is 3. The van der Waals surface area contributed by atoms with E-state index in [0.717, 1.165) is 48.6 Å². The van der Waals surface area contributed by atoms with Crippen LogP contribution in [0, 0.1) is 5.92 Å². The Bertz CT molecular complexity index is 711. The van der Waals surface area contributed by atoms with Gasteiger partial charge in [0.2, 0.25) is 0 Å². The smallest absolute Gasteiger partial charge is 0.130 e. The highest BCUT2D eigenvalue weighted by atomic mass is 16.5. The second-order valence-electron chi connectivity index (χ2n) is 6.69. The Morgan fingerprint density at radius 2 is 2.04 bits per heavy atom. The van der Waals surface area contributed by atoms with E-state index >= 15 is 0 Å². The van der Waals surface area contributed by atoms with Crippen molar-refractivity contribution in [2.24, 2.45) is 5.92 Å². The largest absolute Gasteiger partial charge is 0.493 e. The molecule has 1 saturated heterocycles. The van der Waals surface area contributed by atoms with Gasteiger partial charge in [0.1, 0.15) is 5.75 Å². The lowest BCUT2D eigenvalue weighted by Gasteiger charge is -2.18. The highest BCUT2D eigenvalue weighted by Gasteiger charge is 2.33. The lowest BCUT2D eigenvalue weighted by Crippen LogP contribution is -2.11. The van der Waals surface area contributed by atoms with Gasteiger partial charge < -0.3 is 15.2 Å². The molecule has 2 aliphatic rings. The molecule has 0 saturated carbocycles. The van der Waals surface area contributed by atoms with Gasteiger partial charge in [-0.2, -0.15) is 0 Å². The van der Waals surface area contributed by atoms with Crippen molar-refractivity contribution < 1.29 is 9.84 Å². The fraction of sp³-hybridized carbons (Fsp3) is 0.400. The Kier molecular flexibility index (Phi) is 3.83. The number of ether oxygens (including phenoxy) is 1. The number of hydrogen-bond donors (Lipinski definition) is 2. The number of nitrogens with one attached hydrogen (secondary N) is 1. The number of para-hydroxylation sites is 1. The first-order valence-corrected chi connectivity index (χ1v) is 8.49. The number of benzene rings is 2. The van der Waals surface area contributed by atoms with Crippen LogP contribution in [-0.4, -0.2) is 24.8 Å². The van der Waals surface area contributed by atoms with Crippen LogP contribution in [0.25, 0.3) is 11.1 Å². The first-order valence-electron chi connectivity index (χ1n) is 8.49. The van der Waals surface area contributed by atoms with Gasteiger partial charge >= 0.3 is 0 Å². The van der Waals surface area contributed by atoms with Gasteiger partial charge in [0.05, 0.1) is 12.7 Å². The lowest BCUT2D eigenvalue weighted by molar-refractivity contribution is 0.199. The maximum atomic E-state index is 9.86. The number of rotatable bonds is 2. The number of hydrogen-bond acceptors (Lipinski definition) is 3. The van der Waals surface area contributed by atoms with Gasteiger partial charge in [0.25, 0.3) is 0 Å². The molecule has 0 aliphatic carbocycles. The van der Waals surface area contributed by atoms with Crippen molar-refractivity contribution in [3.8, 4) is 16.9 Å². The van der Waals surface area contributed by atoms with Crippen molar-refractivity contribution in [3.05, 3.63) is 53.6 Å². The number of aliphatic hydroxyl groups excluding tert-OH is 1. The molecule has 0 aromatic heterocycles. The molecule has 23 heavy (non-hydrogen) atoms.